The van der Waals surface area contributed by atoms with Gasteiger partial charge in [0.05, 0.1) is 0 Å². The zero-order chi connectivity index (χ0) is 17.8. The van der Waals surface area contributed by atoms with E-state index in [1.54, 1.807) is 4.90 Å². The second-order valence-electron chi connectivity index (χ2n) is 6.57. The van der Waals surface area contributed by atoms with E-state index >= 15 is 0 Å². The van der Waals surface area contributed by atoms with Crippen molar-refractivity contribution in [3.8, 4) is 0 Å². The van der Waals surface area contributed by atoms with Crippen molar-refractivity contribution in [2.24, 2.45) is 5.92 Å². The highest BCUT2D eigenvalue weighted by molar-refractivity contribution is 9.10. The Morgan fingerprint density at radius 2 is 1.72 bits per heavy atom. The van der Waals surface area contributed by atoms with Crippen molar-refractivity contribution in [2.45, 2.75) is 29.4 Å². The molecule has 25 heavy (non-hydrogen) atoms. The number of halogens is 1. The number of hydrogen-bond donors (Lipinski definition) is 0. The van der Waals surface area contributed by atoms with Crippen LogP contribution in [-0.4, -0.2) is 53.0 Å². The molecule has 0 aromatic heterocycles. The molecule has 1 aromatic carbocycles. The lowest BCUT2D eigenvalue weighted by Crippen LogP contribution is -2.43. The Labute approximate surface area is 161 Å². The predicted octanol–water partition coefficient (Wildman–Crippen LogP) is 3.57. The van der Waals surface area contributed by atoms with Crippen LogP contribution >= 0.6 is 27.7 Å². The molecule has 2 aliphatic heterocycles. The Morgan fingerprint density at radius 1 is 1.08 bits per heavy atom. The number of amides is 2. The molecule has 4 nitrogen and oxygen atoms in total. The van der Waals surface area contributed by atoms with Crippen LogP contribution in [-0.2, 0) is 9.59 Å². The standard InChI is InChI=1S/C19H23BrN2O2S/c1-2-18(23)21-10-7-14(8-11-21)19(24)22-12-9-17(13-22)25-16-5-3-15(20)4-6-16/h2-6,14,17H,1,7-13H2. The number of benzene rings is 1. The number of thioether (sulfide) groups is 1. The van der Waals surface area contributed by atoms with E-state index < -0.39 is 0 Å². The van der Waals surface area contributed by atoms with Crippen molar-refractivity contribution >= 4 is 39.5 Å². The van der Waals surface area contributed by atoms with Gasteiger partial charge in [-0.15, -0.1) is 11.8 Å². The van der Waals surface area contributed by atoms with Gasteiger partial charge >= 0.3 is 0 Å². The quantitative estimate of drug-likeness (QED) is 0.696. The minimum Gasteiger partial charge on any atom is -0.341 e. The van der Waals surface area contributed by atoms with E-state index in [1.807, 2.05) is 16.7 Å². The van der Waals surface area contributed by atoms with Crippen molar-refractivity contribution < 1.29 is 9.59 Å². The monoisotopic (exact) mass is 422 g/mol. The highest BCUT2D eigenvalue weighted by Crippen LogP contribution is 2.32. The van der Waals surface area contributed by atoms with Gasteiger partial charge in [-0.25, -0.2) is 0 Å². The Kier molecular flexibility index (Phi) is 6.23. The van der Waals surface area contributed by atoms with Gasteiger partial charge in [0.25, 0.3) is 0 Å². The summed E-state index contributed by atoms with van der Waals surface area (Å²) in [5.74, 6) is 0.299. The molecule has 2 saturated heterocycles. The van der Waals surface area contributed by atoms with Crippen molar-refractivity contribution in [3.05, 3.63) is 41.4 Å². The summed E-state index contributed by atoms with van der Waals surface area (Å²) in [5, 5.41) is 0.465. The van der Waals surface area contributed by atoms with Crippen molar-refractivity contribution in [1.29, 1.82) is 0 Å². The van der Waals surface area contributed by atoms with Gasteiger partial charge in [-0.05, 0) is 49.6 Å². The first-order valence-corrected chi connectivity index (χ1v) is 10.4. The van der Waals surface area contributed by atoms with Crippen LogP contribution in [0.2, 0.25) is 0 Å². The highest BCUT2D eigenvalue weighted by Gasteiger charge is 2.33. The first-order valence-electron chi connectivity index (χ1n) is 8.69. The minimum atomic E-state index is -0.0296. The van der Waals surface area contributed by atoms with Gasteiger partial charge in [0.15, 0.2) is 0 Å². The first kappa shape index (κ1) is 18.5. The molecule has 0 radical (unpaired) electrons. The van der Waals surface area contributed by atoms with Gasteiger partial charge < -0.3 is 9.80 Å². The molecular weight excluding hydrogens is 400 g/mol. The first-order chi connectivity index (χ1) is 12.1. The number of hydrogen-bond acceptors (Lipinski definition) is 3. The second-order valence-corrected chi connectivity index (χ2v) is 8.86. The Hall–Kier alpha value is -1.27. The van der Waals surface area contributed by atoms with Crippen LogP contribution in [0.5, 0.6) is 0 Å². The average molecular weight is 423 g/mol. The number of carbonyl (C=O) groups excluding carboxylic acids is 2. The molecule has 0 aliphatic carbocycles. The third kappa shape index (κ3) is 4.67. The third-order valence-electron chi connectivity index (χ3n) is 4.90. The van der Waals surface area contributed by atoms with Gasteiger partial charge in [-0.1, -0.05) is 22.5 Å². The predicted molar refractivity (Wildman–Crippen MR) is 104 cm³/mol. The number of piperidine rings is 1. The largest absolute Gasteiger partial charge is 0.341 e. The van der Waals surface area contributed by atoms with Crippen LogP contribution in [0.1, 0.15) is 19.3 Å². The topological polar surface area (TPSA) is 40.6 Å². The lowest BCUT2D eigenvalue weighted by molar-refractivity contribution is -0.138. The van der Waals surface area contributed by atoms with E-state index in [1.165, 1.54) is 11.0 Å². The fraction of sp³-hybridized carbons (Fsp3) is 0.474. The number of likely N-dealkylation sites (tertiary alicyclic amines) is 2. The summed E-state index contributed by atoms with van der Waals surface area (Å²) >= 11 is 5.31. The van der Waals surface area contributed by atoms with Crippen LogP contribution in [0, 0.1) is 5.92 Å². The van der Waals surface area contributed by atoms with Gasteiger partial charge in [-0.2, -0.15) is 0 Å². The SMILES string of the molecule is C=CC(=O)N1CCC(C(=O)N2CCC(Sc3ccc(Br)cc3)C2)CC1. The average Bonchev–Trinajstić information content (AvgIpc) is 3.11. The Balaban J connectivity index is 1.48. The fourth-order valence-electron chi connectivity index (χ4n) is 3.46. The normalized spacial score (nSPS) is 21.4. The van der Waals surface area contributed by atoms with Crippen molar-refractivity contribution in [1.82, 2.24) is 9.80 Å². The van der Waals surface area contributed by atoms with E-state index in [9.17, 15) is 9.59 Å². The van der Waals surface area contributed by atoms with E-state index in [2.05, 4.69) is 46.8 Å². The zero-order valence-electron chi connectivity index (χ0n) is 14.2. The maximum absolute atomic E-state index is 12.8. The fourth-order valence-corrected chi connectivity index (χ4v) is 4.88. The maximum Gasteiger partial charge on any atom is 0.245 e. The summed E-state index contributed by atoms with van der Waals surface area (Å²) in [5.41, 5.74) is 0. The van der Waals surface area contributed by atoms with Crippen LogP contribution in [0.3, 0.4) is 0 Å². The second kappa shape index (κ2) is 8.41. The van der Waals surface area contributed by atoms with Crippen molar-refractivity contribution in [2.75, 3.05) is 26.2 Å². The van der Waals surface area contributed by atoms with Crippen LogP contribution in [0.15, 0.2) is 46.3 Å². The smallest absolute Gasteiger partial charge is 0.245 e. The van der Waals surface area contributed by atoms with Crippen LogP contribution in [0.4, 0.5) is 0 Å². The maximum atomic E-state index is 12.8. The summed E-state index contributed by atoms with van der Waals surface area (Å²) in [4.78, 5) is 29.5. The Morgan fingerprint density at radius 3 is 2.36 bits per heavy atom. The molecule has 1 unspecified atom stereocenters. The molecule has 2 aliphatic rings. The summed E-state index contributed by atoms with van der Waals surface area (Å²) in [6.07, 6.45) is 3.92. The van der Waals surface area contributed by atoms with Crippen LogP contribution in [0.25, 0.3) is 0 Å². The molecule has 0 N–H and O–H groups in total. The lowest BCUT2D eigenvalue weighted by atomic mass is 9.95. The molecule has 0 spiro atoms. The number of nitrogens with zero attached hydrogens (tertiary/aromatic N) is 2. The third-order valence-corrected chi connectivity index (χ3v) is 6.69. The molecular formula is C19H23BrN2O2S. The van der Waals surface area contributed by atoms with E-state index in [4.69, 9.17) is 0 Å². The molecule has 134 valence electrons. The molecule has 6 heteroatoms. The summed E-state index contributed by atoms with van der Waals surface area (Å²) in [6.45, 7) is 6.52. The summed E-state index contributed by atoms with van der Waals surface area (Å²) in [7, 11) is 0. The van der Waals surface area contributed by atoms with Crippen molar-refractivity contribution in [3.63, 3.8) is 0 Å². The van der Waals surface area contributed by atoms with Crippen LogP contribution < -0.4 is 0 Å². The molecule has 0 saturated carbocycles. The van der Waals surface area contributed by atoms with Gasteiger partial charge in [0.2, 0.25) is 11.8 Å². The van der Waals surface area contributed by atoms with Gasteiger partial charge in [0, 0.05) is 46.7 Å². The molecule has 2 fully saturated rings. The molecule has 2 heterocycles. The number of carbonyl (C=O) groups is 2. The molecule has 0 bridgehead atoms. The molecule has 2 amide bonds. The zero-order valence-corrected chi connectivity index (χ0v) is 16.6. The van der Waals surface area contributed by atoms with E-state index in [0.29, 0.717) is 18.3 Å². The van der Waals surface area contributed by atoms with Gasteiger partial charge in [0.1, 0.15) is 0 Å². The highest BCUT2D eigenvalue weighted by atomic mass is 79.9. The summed E-state index contributed by atoms with van der Waals surface area (Å²) in [6, 6.07) is 8.34. The minimum absolute atomic E-state index is 0.0296. The molecule has 3 rings (SSSR count). The van der Waals surface area contributed by atoms with Gasteiger partial charge in [-0.3, -0.25) is 9.59 Å². The molecule has 1 atom stereocenters. The van der Waals surface area contributed by atoms with E-state index in [-0.39, 0.29) is 17.7 Å². The molecule has 1 aromatic rings. The lowest BCUT2D eigenvalue weighted by Gasteiger charge is -2.32. The Bertz CT molecular complexity index is 641. The number of rotatable bonds is 4. The summed E-state index contributed by atoms with van der Waals surface area (Å²) < 4.78 is 1.08. The van der Waals surface area contributed by atoms with E-state index in [0.717, 1.165) is 36.8 Å².